The molecule has 1 aromatic carbocycles. The Hall–Kier alpha value is -1.94. The third-order valence-corrected chi connectivity index (χ3v) is 3.20. The molecular weight excluding hydrogens is 238 g/mol. The molecule has 100 valence electrons. The van der Waals surface area contributed by atoms with Gasteiger partial charge >= 0.3 is 0 Å². The van der Waals surface area contributed by atoms with Gasteiger partial charge < -0.3 is 10.5 Å². The topological polar surface area (TPSA) is 61.0 Å². The van der Waals surface area contributed by atoms with E-state index in [0.717, 1.165) is 29.3 Å². The fraction of sp³-hybridized carbons (Fsp3) is 0.333. The Kier molecular flexibility index (Phi) is 4.47. The van der Waals surface area contributed by atoms with Gasteiger partial charge in [0.1, 0.15) is 11.6 Å². The molecule has 1 heterocycles. The summed E-state index contributed by atoms with van der Waals surface area (Å²) in [6.07, 6.45) is 2.72. The molecule has 0 aliphatic rings. The van der Waals surface area contributed by atoms with E-state index >= 15 is 0 Å². The van der Waals surface area contributed by atoms with Crippen molar-refractivity contribution in [3.8, 4) is 17.0 Å². The van der Waals surface area contributed by atoms with E-state index in [1.807, 2.05) is 30.3 Å². The van der Waals surface area contributed by atoms with Crippen LogP contribution in [0, 0.1) is 0 Å². The van der Waals surface area contributed by atoms with Crippen molar-refractivity contribution in [3.05, 3.63) is 42.4 Å². The SMILES string of the molecule is CCC(CN)c1nccc(-c2ccccc2OC)n1. The average molecular weight is 257 g/mol. The molecule has 0 aliphatic heterocycles. The molecule has 4 nitrogen and oxygen atoms in total. The van der Waals surface area contributed by atoms with Gasteiger partial charge in [-0.3, -0.25) is 0 Å². The Morgan fingerprint density at radius 3 is 2.74 bits per heavy atom. The highest BCUT2D eigenvalue weighted by Crippen LogP contribution is 2.28. The van der Waals surface area contributed by atoms with Crippen LogP contribution in [0.5, 0.6) is 5.75 Å². The number of methoxy groups -OCH3 is 1. The lowest BCUT2D eigenvalue weighted by molar-refractivity contribution is 0.416. The second-order valence-corrected chi connectivity index (χ2v) is 4.34. The smallest absolute Gasteiger partial charge is 0.133 e. The molecule has 2 rings (SSSR count). The Balaban J connectivity index is 2.43. The summed E-state index contributed by atoms with van der Waals surface area (Å²) in [7, 11) is 1.66. The minimum Gasteiger partial charge on any atom is -0.496 e. The molecule has 19 heavy (non-hydrogen) atoms. The van der Waals surface area contributed by atoms with Crippen LogP contribution < -0.4 is 10.5 Å². The number of hydrogen-bond donors (Lipinski definition) is 1. The molecule has 0 aliphatic carbocycles. The number of benzene rings is 1. The summed E-state index contributed by atoms with van der Waals surface area (Å²) >= 11 is 0. The van der Waals surface area contributed by atoms with Crippen LogP contribution in [-0.4, -0.2) is 23.6 Å². The second kappa shape index (κ2) is 6.29. The van der Waals surface area contributed by atoms with Crippen molar-refractivity contribution < 1.29 is 4.74 Å². The molecule has 1 aromatic heterocycles. The minimum atomic E-state index is 0.203. The van der Waals surface area contributed by atoms with Gasteiger partial charge in [-0.05, 0) is 24.6 Å². The summed E-state index contributed by atoms with van der Waals surface area (Å²) < 4.78 is 5.37. The third-order valence-electron chi connectivity index (χ3n) is 3.20. The van der Waals surface area contributed by atoms with Gasteiger partial charge in [-0.15, -0.1) is 0 Å². The number of rotatable bonds is 5. The van der Waals surface area contributed by atoms with E-state index in [4.69, 9.17) is 10.5 Å². The van der Waals surface area contributed by atoms with Crippen LogP contribution in [0.4, 0.5) is 0 Å². The summed E-state index contributed by atoms with van der Waals surface area (Å²) in [6.45, 7) is 2.66. The number of ether oxygens (including phenoxy) is 1. The highest BCUT2D eigenvalue weighted by atomic mass is 16.5. The van der Waals surface area contributed by atoms with Gasteiger partial charge in [0.25, 0.3) is 0 Å². The van der Waals surface area contributed by atoms with Crippen LogP contribution in [0.2, 0.25) is 0 Å². The van der Waals surface area contributed by atoms with Crippen LogP contribution in [0.25, 0.3) is 11.3 Å². The number of nitrogens with zero attached hydrogens (tertiary/aromatic N) is 2. The predicted molar refractivity (Wildman–Crippen MR) is 76.1 cm³/mol. The molecule has 0 amide bonds. The van der Waals surface area contributed by atoms with Crippen LogP contribution >= 0.6 is 0 Å². The van der Waals surface area contributed by atoms with Crippen LogP contribution in [0.3, 0.4) is 0 Å². The monoisotopic (exact) mass is 257 g/mol. The second-order valence-electron chi connectivity index (χ2n) is 4.34. The number of hydrogen-bond acceptors (Lipinski definition) is 4. The maximum Gasteiger partial charge on any atom is 0.133 e. The fourth-order valence-electron chi connectivity index (χ4n) is 2.03. The lowest BCUT2D eigenvalue weighted by Gasteiger charge is -2.12. The van der Waals surface area contributed by atoms with Crippen molar-refractivity contribution in [1.29, 1.82) is 0 Å². The van der Waals surface area contributed by atoms with Crippen LogP contribution in [0.15, 0.2) is 36.5 Å². The summed E-state index contributed by atoms with van der Waals surface area (Å²) in [5.41, 5.74) is 7.60. The molecule has 4 heteroatoms. The molecule has 2 N–H and O–H groups in total. The Labute approximate surface area is 113 Å². The van der Waals surface area contributed by atoms with Gasteiger partial charge in [0.05, 0.1) is 12.8 Å². The van der Waals surface area contributed by atoms with E-state index in [0.29, 0.717) is 6.54 Å². The Morgan fingerprint density at radius 2 is 2.05 bits per heavy atom. The van der Waals surface area contributed by atoms with Gasteiger partial charge in [0.2, 0.25) is 0 Å². The predicted octanol–water partition coefficient (Wildman–Crippen LogP) is 2.60. The molecular formula is C15H19N3O. The van der Waals surface area contributed by atoms with Crippen molar-refractivity contribution >= 4 is 0 Å². The molecule has 0 saturated carbocycles. The molecule has 0 bridgehead atoms. The van der Waals surface area contributed by atoms with Crippen molar-refractivity contribution in [2.24, 2.45) is 5.73 Å². The number of nitrogens with two attached hydrogens (primary N) is 1. The first-order valence-corrected chi connectivity index (χ1v) is 6.46. The van der Waals surface area contributed by atoms with E-state index in [1.54, 1.807) is 13.3 Å². The normalized spacial score (nSPS) is 12.2. The first kappa shape index (κ1) is 13.5. The Bertz CT molecular complexity index is 538. The lowest BCUT2D eigenvalue weighted by Crippen LogP contribution is -2.14. The summed E-state index contributed by atoms with van der Waals surface area (Å²) in [5, 5.41) is 0. The van der Waals surface area contributed by atoms with E-state index in [-0.39, 0.29) is 5.92 Å². The molecule has 1 unspecified atom stereocenters. The van der Waals surface area contributed by atoms with Gasteiger partial charge in [-0.25, -0.2) is 9.97 Å². The summed E-state index contributed by atoms with van der Waals surface area (Å²) in [4.78, 5) is 8.95. The first-order chi connectivity index (χ1) is 9.30. The maximum atomic E-state index is 5.76. The van der Waals surface area contributed by atoms with Gasteiger partial charge in [0.15, 0.2) is 0 Å². The van der Waals surface area contributed by atoms with E-state index in [9.17, 15) is 0 Å². The number of aromatic nitrogens is 2. The third kappa shape index (κ3) is 2.90. The van der Waals surface area contributed by atoms with Gasteiger partial charge in [-0.2, -0.15) is 0 Å². The largest absolute Gasteiger partial charge is 0.496 e. The maximum absolute atomic E-state index is 5.76. The molecule has 1 atom stereocenters. The van der Waals surface area contributed by atoms with Crippen LogP contribution in [0.1, 0.15) is 25.1 Å². The first-order valence-electron chi connectivity index (χ1n) is 6.46. The quantitative estimate of drug-likeness (QED) is 0.894. The summed E-state index contributed by atoms with van der Waals surface area (Å²) in [5.74, 6) is 1.82. The van der Waals surface area contributed by atoms with Crippen molar-refractivity contribution in [2.75, 3.05) is 13.7 Å². The van der Waals surface area contributed by atoms with Crippen molar-refractivity contribution in [3.63, 3.8) is 0 Å². The van der Waals surface area contributed by atoms with E-state index in [1.165, 1.54) is 0 Å². The summed E-state index contributed by atoms with van der Waals surface area (Å²) in [6, 6.07) is 9.73. The average Bonchev–Trinajstić information content (AvgIpc) is 2.49. The van der Waals surface area contributed by atoms with Gasteiger partial charge in [-0.1, -0.05) is 19.1 Å². The molecule has 2 aromatic rings. The van der Waals surface area contributed by atoms with Crippen molar-refractivity contribution in [1.82, 2.24) is 9.97 Å². The zero-order valence-electron chi connectivity index (χ0n) is 11.3. The Morgan fingerprint density at radius 1 is 1.26 bits per heavy atom. The molecule has 0 saturated heterocycles. The highest BCUT2D eigenvalue weighted by molar-refractivity contribution is 5.66. The molecule has 0 spiro atoms. The number of para-hydroxylation sites is 1. The zero-order chi connectivity index (χ0) is 13.7. The fourth-order valence-corrected chi connectivity index (χ4v) is 2.03. The van der Waals surface area contributed by atoms with Crippen molar-refractivity contribution in [2.45, 2.75) is 19.3 Å². The molecule has 0 radical (unpaired) electrons. The standard InChI is InChI=1S/C15H19N3O/c1-3-11(10-16)15-17-9-8-13(18-15)12-6-4-5-7-14(12)19-2/h4-9,11H,3,10,16H2,1-2H3. The lowest BCUT2D eigenvalue weighted by atomic mass is 10.1. The highest BCUT2D eigenvalue weighted by Gasteiger charge is 2.13. The minimum absolute atomic E-state index is 0.203. The van der Waals surface area contributed by atoms with Gasteiger partial charge in [0, 0.05) is 24.2 Å². The van der Waals surface area contributed by atoms with E-state index < -0.39 is 0 Å². The van der Waals surface area contributed by atoms with E-state index in [2.05, 4.69) is 16.9 Å². The zero-order valence-corrected chi connectivity index (χ0v) is 11.3. The van der Waals surface area contributed by atoms with Crippen LogP contribution in [-0.2, 0) is 0 Å². The molecule has 0 fully saturated rings.